The van der Waals surface area contributed by atoms with Crippen molar-refractivity contribution in [3.8, 4) is 11.5 Å². The summed E-state index contributed by atoms with van der Waals surface area (Å²) in [5.41, 5.74) is 2.86. The second-order valence-electron chi connectivity index (χ2n) is 9.12. The number of alkyl halides is 1. The molecule has 2 fully saturated rings. The maximum Gasteiger partial charge on any atom is 0.277 e. The molecule has 0 unspecified atom stereocenters. The number of fused-ring (bicyclic) bond motifs is 1. The number of hydrogen-bond acceptors (Lipinski definition) is 10. The van der Waals surface area contributed by atoms with E-state index in [0.29, 0.717) is 62.2 Å². The molecule has 0 aliphatic carbocycles. The Morgan fingerprint density at radius 2 is 1.92 bits per heavy atom. The Labute approximate surface area is 216 Å². The second-order valence-corrected chi connectivity index (χ2v) is 10.1. The summed E-state index contributed by atoms with van der Waals surface area (Å²) in [5, 5.41) is 3.84. The van der Waals surface area contributed by atoms with Crippen molar-refractivity contribution in [2.24, 2.45) is 0 Å². The molecule has 4 aromatic rings. The van der Waals surface area contributed by atoms with Gasteiger partial charge in [-0.2, -0.15) is 4.98 Å². The molecule has 12 heteroatoms. The van der Waals surface area contributed by atoms with Gasteiger partial charge >= 0.3 is 0 Å². The van der Waals surface area contributed by atoms with Crippen LogP contribution in [0.25, 0.3) is 21.8 Å². The number of piperidine rings is 1. The topological polar surface area (TPSA) is 110 Å². The average molecular weight is 524 g/mol. The van der Waals surface area contributed by atoms with Gasteiger partial charge in [0.05, 0.1) is 23.6 Å². The van der Waals surface area contributed by atoms with Gasteiger partial charge in [0, 0.05) is 43.6 Å². The summed E-state index contributed by atoms with van der Waals surface area (Å²) in [4.78, 5) is 35.6. The van der Waals surface area contributed by atoms with Crippen LogP contribution >= 0.6 is 11.3 Å². The average Bonchev–Trinajstić information content (AvgIpc) is 3.57. The van der Waals surface area contributed by atoms with E-state index in [-0.39, 0.29) is 5.69 Å². The van der Waals surface area contributed by atoms with E-state index < -0.39 is 12.1 Å². The van der Waals surface area contributed by atoms with Crippen molar-refractivity contribution in [1.29, 1.82) is 0 Å². The number of anilines is 3. The van der Waals surface area contributed by atoms with Gasteiger partial charge in [0.2, 0.25) is 5.89 Å². The van der Waals surface area contributed by atoms with Crippen molar-refractivity contribution in [1.82, 2.24) is 19.9 Å². The zero-order valence-electron chi connectivity index (χ0n) is 20.3. The van der Waals surface area contributed by atoms with E-state index in [1.165, 1.54) is 17.6 Å². The minimum absolute atomic E-state index is 0.149. The van der Waals surface area contributed by atoms with Crippen molar-refractivity contribution in [2.75, 3.05) is 54.5 Å². The van der Waals surface area contributed by atoms with E-state index in [4.69, 9.17) is 19.1 Å². The third-order valence-electron chi connectivity index (χ3n) is 6.49. The maximum atomic E-state index is 13.9. The quantitative estimate of drug-likeness (QED) is 0.414. The lowest BCUT2D eigenvalue weighted by molar-refractivity contribution is 0.102. The molecule has 0 atom stereocenters. The molecule has 1 N–H and O–H groups in total. The Hall–Kier alpha value is -3.64. The van der Waals surface area contributed by atoms with E-state index in [0.717, 1.165) is 34.2 Å². The van der Waals surface area contributed by atoms with Crippen LogP contribution in [0.1, 0.15) is 29.0 Å². The molecule has 37 heavy (non-hydrogen) atoms. The number of halogens is 1. The molecular weight excluding hydrogens is 497 g/mol. The molecule has 4 aromatic heterocycles. The van der Waals surface area contributed by atoms with Crippen molar-refractivity contribution in [3.05, 3.63) is 42.0 Å². The summed E-state index contributed by atoms with van der Waals surface area (Å²) in [5.74, 6) is 0.508. The summed E-state index contributed by atoms with van der Waals surface area (Å²) >= 11 is 1.53. The Bertz CT molecular complexity index is 1430. The van der Waals surface area contributed by atoms with Crippen LogP contribution in [0.5, 0.6) is 0 Å². The first-order valence-electron chi connectivity index (χ1n) is 12.3. The molecule has 0 aromatic carbocycles. The van der Waals surface area contributed by atoms with E-state index in [1.54, 1.807) is 12.3 Å². The number of pyridine rings is 2. The number of oxazole rings is 1. The number of ether oxygens (including phenoxy) is 1. The first kappa shape index (κ1) is 23.7. The van der Waals surface area contributed by atoms with Gasteiger partial charge < -0.3 is 24.3 Å². The fourth-order valence-corrected chi connectivity index (χ4v) is 5.50. The Morgan fingerprint density at radius 1 is 1.11 bits per heavy atom. The molecule has 1 amide bonds. The summed E-state index contributed by atoms with van der Waals surface area (Å²) in [6, 6.07) is 5.51. The Morgan fingerprint density at radius 3 is 2.70 bits per heavy atom. The van der Waals surface area contributed by atoms with Crippen LogP contribution < -0.4 is 15.1 Å². The molecule has 2 saturated heterocycles. The maximum absolute atomic E-state index is 13.9. The Kier molecular flexibility index (Phi) is 6.43. The van der Waals surface area contributed by atoms with E-state index in [9.17, 15) is 9.18 Å². The molecular formula is C25H26FN7O3S. The highest BCUT2D eigenvalue weighted by atomic mass is 32.1. The number of nitrogens with one attached hydrogen (secondary N) is 1. The Balaban J connectivity index is 1.31. The molecule has 0 bridgehead atoms. The van der Waals surface area contributed by atoms with Crippen molar-refractivity contribution in [3.63, 3.8) is 0 Å². The molecule has 2 aliphatic rings. The summed E-state index contributed by atoms with van der Waals surface area (Å²) in [7, 11) is 0. The minimum Gasteiger partial charge on any atom is -0.444 e. The summed E-state index contributed by atoms with van der Waals surface area (Å²) < 4.78 is 25.8. The predicted octanol–water partition coefficient (Wildman–Crippen LogP) is 4.08. The van der Waals surface area contributed by atoms with Gasteiger partial charge in [-0.15, -0.1) is 0 Å². The number of carbonyl (C=O) groups is 1. The third-order valence-corrected chi connectivity index (χ3v) is 7.54. The van der Waals surface area contributed by atoms with E-state index >= 15 is 0 Å². The lowest BCUT2D eigenvalue weighted by Gasteiger charge is -2.30. The zero-order chi connectivity index (χ0) is 25.4. The number of aryl methyl sites for hydroxylation is 1. The van der Waals surface area contributed by atoms with Gasteiger partial charge in [0.15, 0.2) is 22.3 Å². The number of nitrogens with zero attached hydrogens (tertiary/aromatic N) is 6. The van der Waals surface area contributed by atoms with Gasteiger partial charge in [-0.05, 0) is 38.0 Å². The lowest BCUT2D eigenvalue weighted by Crippen LogP contribution is -2.36. The number of hydrogen-bond donors (Lipinski definition) is 1. The van der Waals surface area contributed by atoms with Crippen LogP contribution in [-0.2, 0) is 4.74 Å². The summed E-state index contributed by atoms with van der Waals surface area (Å²) in [6.07, 6.45) is 3.02. The first-order chi connectivity index (χ1) is 18.0. The van der Waals surface area contributed by atoms with Gasteiger partial charge in [-0.25, -0.2) is 14.4 Å². The van der Waals surface area contributed by atoms with Crippen LogP contribution in [0.2, 0.25) is 0 Å². The van der Waals surface area contributed by atoms with Crippen LogP contribution in [0, 0.1) is 6.92 Å². The fourth-order valence-electron chi connectivity index (χ4n) is 4.50. The highest BCUT2D eigenvalue weighted by Crippen LogP contribution is 2.36. The number of aromatic nitrogens is 4. The van der Waals surface area contributed by atoms with Crippen LogP contribution in [0.4, 0.5) is 21.0 Å². The molecule has 0 spiro atoms. The highest BCUT2D eigenvalue weighted by Gasteiger charge is 2.25. The van der Waals surface area contributed by atoms with Gasteiger partial charge in [-0.3, -0.25) is 9.78 Å². The smallest absolute Gasteiger partial charge is 0.277 e. The number of thiazole rings is 1. The van der Waals surface area contributed by atoms with Crippen LogP contribution in [0.15, 0.2) is 35.1 Å². The van der Waals surface area contributed by atoms with Crippen LogP contribution in [-0.4, -0.2) is 71.4 Å². The van der Waals surface area contributed by atoms with Gasteiger partial charge in [-0.1, -0.05) is 11.3 Å². The molecule has 0 saturated carbocycles. The van der Waals surface area contributed by atoms with E-state index in [2.05, 4.69) is 20.2 Å². The van der Waals surface area contributed by atoms with Crippen LogP contribution in [0.3, 0.4) is 0 Å². The van der Waals surface area contributed by atoms with Crippen molar-refractivity contribution < 1.29 is 18.3 Å². The lowest BCUT2D eigenvalue weighted by atomic mass is 10.1. The second kappa shape index (κ2) is 10.0. The van der Waals surface area contributed by atoms with Crippen molar-refractivity contribution >= 4 is 44.2 Å². The minimum atomic E-state index is -0.824. The fraction of sp³-hybridized carbons (Fsp3) is 0.400. The van der Waals surface area contributed by atoms with E-state index in [1.807, 2.05) is 24.0 Å². The van der Waals surface area contributed by atoms with Gasteiger partial charge in [0.25, 0.3) is 5.91 Å². The standard InChI is InChI=1S/C25H26FN7O3S/c1-15-12-16(2-5-27-15)24-29-19(14-36-24)23(34)28-18-13-20-21(30-22(18)32-6-3-17(26)4-7-32)31-25(37-20)33-8-10-35-11-9-33/h2,5,12-14,17H,3-4,6-11H2,1H3,(H,28,34). The SMILES string of the molecule is Cc1cc(-c2nc(C(=O)Nc3cc4sc(N5CCOCC5)nc4nc3N3CCC(F)CC3)co2)ccn1. The normalized spacial score (nSPS) is 16.9. The van der Waals surface area contributed by atoms with Gasteiger partial charge in [0.1, 0.15) is 12.4 Å². The number of amides is 1. The summed E-state index contributed by atoms with van der Waals surface area (Å²) in [6.45, 7) is 5.76. The number of morpholine rings is 1. The molecule has 10 nitrogen and oxygen atoms in total. The third kappa shape index (κ3) is 4.98. The molecule has 192 valence electrons. The monoisotopic (exact) mass is 523 g/mol. The highest BCUT2D eigenvalue weighted by molar-refractivity contribution is 7.22. The number of rotatable bonds is 5. The number of carbonyl (C=O) groups excluding carboxylic acids is 1. The van der Waals surface area contributed by atoms with Crippen molar-refractivity contribution in [2.45, 2.75) is 25.9 Å². The molecule has 2 aliphatic heterocycles. The molecule has 6 heterocycles. The molecule has 0 radical (unpaired) electrons. The zero-order valence-corrected chi connectivity index (χ0v) is 21.1. The predicted molar refractivity (Wildman–Crippen MR) is 139 cm³/mol. The first-order valence-corrected chi connectivity index (χ1v) is 13.1. The largest absolute Gasteiger partial charge is 0.444 e. The molecule has 6 rings (SSSR count).